The molecule has 0 aliphatic rings. The molecular weight excluding hydrogens is 240 g/mol. The van der Waals surface area contributed by atoms with Crippen LogP contribution in [0.2, 0.25) is 0 Å². The molecule has 1 atom stereocenters. The van der Waals surface area contributed by atoms with E-state index < -0.39 is 0 Å². The second-order valence-corrected chi connectivity index (χ2v) is 6.03. The molecule has 0 amide bonds. The lowest BCUT2D eigenvalue weighted by atomic mass is 9.90. The van der Waals surface area contributed by atoms with Crippen molar-refractivity contribution in [2.24, 2.45) is 0 Å². The van der Waals surface area contributed by atoms with Gasteiger partial charge in [0.05, 0.1) is 0 Å². The van der Waals surface area contributed by atoms with Crippen molar-refractivity contribution in [3.63, 3.8) is 0 Å². The number of benzene rings is 2. The molecule has 2 rings (SSSR count). The lowest BCUT2D eigenvalue weighted by Crippen LogP contribution is -1.95. The van der Waals surface area contributed by atoms with Gasteiger partial charge < -0.3 is 0 Å². The summed E-state index contributed by atoms with van der Waals surface area (Å²) >= 11 is 0. The highest BCUT2D eigenvalue weighted by Crippen LogP contribution is 2.29. The summed E-state index contributed by atoms with van der Waals surface area (Å²) in [5.74, 6) is 0.673. The van der Waals surface area contributed by atoms with Gasteiger partial charge in [-0.25, -0.2) is 0 Å². The Balaban J connectivity index is 1.89. The molecule has 0 heterocycles. The maximum absolute atomic E-state index is 2.38. The summed E-state index contributed by atoms with van der Waals surface area (Å²) in [6.07, 6.45) is 9.66. The van der Waals surface area contributed by atoms with Crippen molar-refractivity contribution in [1.82, 2.24) is 0 Å². The Morgan fingerprint density at radius 3 is 2.35 bits per heavy atom. The quantitative estimate of drug-likeness (QED) is 0.468. The van der Waals surface area contributed by atoms with Gasteiger partial charge in [0.25, 0.3) is 0 Å². The molecule has 0 aromatic heterocycles. The second kappa shape index (κ2) is 8.09. The van der Waals surface area contributed by atoms with Crippen LogP contribution in [-0.4, -0.2) is 0 Å². The molecule has 0 aliphatic heterocycles. The van der Waals surface area contributed by atoms with E-state index >= 15 is 0 Å². The lowest BCUT2D eigenvalue weighted by molar-refractivity contribution is 0.558. The molecule has 2 aromatic carbocycles. The molecule has 0 aliphatic carbocycles. The minimum atomic E-state index is 0.673. The highest BCUT2D eigenvalue weighted by molar-refractivity contribution is 5.86. The van der Waals surface area contributed by atoms with Crippen molar-refractivity contribution < 1.29 is 0 Å². The van der Waals surface area contributed by atoms with Crippen molar-refractivity contribution >= 4 is 10.8 Å². The van der Waals surface area contributed by atoms with E-state index in [1.807, 2.05) is 0 Å². The van der Waals surface area contributed by atoms with Crippen molar-refractivity contribution in [2.45, 2.75) is 64.7 Å². The molecule has 0 heteroatoms. The summed E-state index contributed by atoms with van der Waals surface area (Å²) in [5.41, 5.74) is 1.52. The molecule has 0 saturated carbocycles. The molecule has 108 valence electrons. The lowest BCUT2D eigenvalue weighted by Gasteiger charge is -2.14. The van der Waals surface area contributed by atoms with Gasteiger partial charge in [-0.15, -0.1) is 0 Å². The van der Waals surface area contributed by atoms with E-state index in [-0.39, 0.29) is 0 Å². The first-order chi connectivity index (χ1) is 9.83. The summed E-state index contributed by atoms with van der Waals surface area (Å²) in [5, 5.41) is 2.81. The predicted octanol–water partition coefficient (Wildman–Crippen LogP) is 6.69. The Kier molecular flexibility index (Phi) is 6.11. The van der Waals surface area contributed by atoms with Crippen LogP contribution in [0.5, 0.6) is 0 Å². The maximum Gasteiger partial charge on any atom is -0.0149 e. The van der Waals surface area contributed by atoms with Crippen LogP contribution in [0.1, 0.15) is 70.3 Å². The Hall–Kier alpha value is -1.30. The summed E-state index contributed by atoms with van der Waals surface area (Å²) in [6.45, 7) is 4.66. The van der Waals surface area contributed by atoms with Crippen LogP contribution in [0.25, 0.3) is 10.8 Å². The zero-order valence-corrected chi connectivity index (χ0v) is 13.1. The highest BCUT2D eigenvalue weighted by atomic mass is 14.1. The second-order valence-electron chi connectivity index (χ2n) is 6.03. The third kappa shape index (κ3) is 4.10. The molecule has 0 spiro atoms. The van der Waals surface area contributed by atoms with Crippen LogP contribution < -0.4 is 0 Å². The Bertz CT molecular complexity index is 507. The van der Waals surface area contributed by atoms with Gasteiger partial charge in [-0.05, 0) is 28.7 Å². The van der Waals surface area contributed by atoms with Crippen molar-refractivity contribution in [1.29, 1.82) is 0 Å². The van der Waals surface area contributed by atoms with Crippen LogP contribution in [0.4, 0.5) is 0 Å². The Morgan fingerprint density at radius 1 is 0.800 bits per heavy atom. The highest BCUT2D eigenvalue weighted by Gasteiger charge is 2.08. The van der Waals surface area contributed by atoms with Gasteiger partial charge in [0.1, 0.15) is 0 Å². The zero-order valence-electron chi connectivity index (χ0n) is 13.1. The minimum absolute atomic E-state index is 0.673. The van der Waals surface area contributed by atoms with Gasteiger partial charge in [-0.1, -0.05) is 94.8 Å². The Labute approximate surface area is 124 Å². The number of hydrogen-bond donors (Lipinski definition) is 0. The van der Waals surface area contributed by atoms with E-state index in [1.165, 1.54) is 61.3 Å². The molecule has 0 radical (unpaired) electrons. The van der Waals surface area contributed by atoms with Gasteiger partial charge in [0.15, 0.2) is 0 Å². The average Bonchev–Trinajstić information content (AvgIpc) is 2.50. The molecule has 1 unspecified atom stereocenters. The molecule has 2 aromatic rings. The minimum Gasteiger partial charge on any atom is -0.0654 e. The summed E-state index contributed by atoms with van der Waals surface area (Å²) in [4.78, 5) is 0. The molecule has 0 bridgehead atoms. The average molecular weight is 268 g/mol. The fourth-order valence-corrected chi connectivity index (χ4v) is 3.07. The molecule has 0 nitrogen and oxygen atoms in total. The first-order valence-corrected chi connectivity index (χ1v) is 8.30. The first-order valence-electron chi connectivity index (χ1n) is 8.30. The van der Waals surface area contributed by atoms with Crippen LogP contribution in [0.15, 0.2) is 42.5 Å². The monoisotopic (exact) mass is 268 g/mol. The summed E-state index contributed by atoms with van der Waals surface area (Å²) in [7, 11) is 0. The number of fused-ring (bicyclic) bond motifs is 1. The van der Waals surface area contributed by atoms with E-state index in [0.717, 1.165) is 0 Å². The largest absolute Gasteiger partial charge is 0.0654 e. The third-order valence-corrected chi connectivity index (χ3v) is 4.34. The van der Waals surface area contributed by atoms with E-state index in [4.69, 9.17) is 0 Å². The van der Waals surface area contributed by atoms with E-state index in [2.05, 4.69) is 56.3 Å². The van der Waals surface area contributed by atoms with E-state index in [9.17, 15) is 0 Å². The zero-order chi connectivity index (χ0) is 14.2. The van der Waals surface area contributed by atoms with Crippen LogP contribution >= 0.6 is 0 Å². The smallest absolute Gasteiger partial charge is 0.0149 e. The van der Waals surface area contributed by atoms with Crippen LogP contribution in [0.3, 0.4) is 0 Å². The molecule has 0 saturated heterocycles. The third-order valence-electron chi connectivity index (χ3n) is 4.34. The molecule has 20 heavy (non-hydrogen) atoms. The maximum atomic E-state index is 2.38. The van der Waals surface area contributed by atoms with Gasteiger partial charge in [-0.3, -0.25) is 0 Å². The van der Waals surface area contributed by atoms with Gasteiger partial charge >= 0.3 is 0 Å². The van der Waals surface area contributed by atoms with Crippen molar-refractivity contribution in [3.05, 3.63) is 48.0 Å². The summed E-state index contributed by atoms with van der Waals surface area (Å²) in [6, 6.07) is 15.5. The van der Waals surface area contributed by atoms with E-state index in [0.29, 0.717) is 5.92 Å². The van der Waals surface area contributed by atoms with Gasteiger partial charge in [0.2, 0.25) is 0 Å². The molecule has 0 N–H and O–H groups in total. The van der Waals surface area contributed by atoms with Gasteiger partial charge in [0, 0.05) is 0 Å². The standard InChI is InChI=1S/C20H28/c1-3-4-5-6-7-8-12-17(2)19-16-11-14-18-13-9-10-15-20(18)19/h9-11,13-17H,3-8,12H2,1-2H3. The topological polar surface area (TPSA) is 0 Å². The fourth-order valence-electron chi connectivity index (χ4n) is 3.07. The number of unbranched alkanes of at least 4 members (excludes halogenated alkanes) is 5. The van der Waals surface area contributed by atoms with Gasteiger partial charge in [-0.2, -0.15) is 0 Å². The van der Waals surface area contributed by atoms with Crippen molar-refractivity contribution in [3.8, 4) is 0 Å². The van der Waals surface area contributed by atoms with Crippen LogP contribution in [-0.2, 0) is 0 Å². The number of rotatable bonds is 8. The van der Waals surface area contributed by atoms with E-state index in [1.54, 1.807) is 0 Å². The molecule has 0 fully saturated rings. The van der Waals surface area contributed by atoms with Crippen LogP contribution in [0, 0.1) is 0 Å². The number of hydrogen-bond acceptors (Lipinski definition) is 0. The molecular formula is C20H28. The van der Waals surface area contributed by atoms with Crippen molar-refractivity contribution in [2.75, 3.05) is 0 Å². The SMILES string of the molecule is CCCCCCCCC(C)c1cccc2ccccc12. The normalized spacial score (nSPS) is 12.7. The fraction of sp³-hybridized carbons (Fsp3) is 0.500. The predicted molar refractivity (Wildman–Crippen MR) is 90.4 cm³/mol. The first kappa shape index (κ1) is 15.1. The summed E-state index contributed by atoms with van der Waals surface area (Å²) < 4.78 is 0. The Morgan fingerprint density at radius 2 is 1.50 bits per heavy atom.